The van der Waals surface area contributed by atoms with Gasteiger partial charge in [-0.2, -0.15) is 0 Å². The van der Waals surface area contributed by atoms with Gasteiger partial charge in [-0.3, -0.25) is 30.6 Å². The topological polar surface area (TPSA) is 143 Å². The van der Waals surface area contributed by atoms with Gasteiger partial charge in [-0.15, -0.1) is 0 Å². The molecular formula is C17H15N5O4. The van der Waals surface area contributed by atoms with Crippen molar-refractivity contribution in [2.75, 3.05) is 5.73 Å². The summed E-state index contributed by atoms with van der Waals surface area (Å²) in [4.78, 5) is 37.4. The number of nitrogen functional groups attached to an aromatic ring is 1. The second-order valence-electron chi connectivity index (χ2n) is 5.57. The van der Waals surface area contributed by atoms with Crippen LogP contribution in [0.5, 0.6) is 0 Å². The lowest BCUT2D eigenvalue weighted by molar-refractivity contribution is -0.383. The number of aromatic nitrogens is 1. The number of fused-ring (bicyclic) bond motifs is 1. The molecular weight excluding hydrogens is 338 g/mol. The number of benzene rings is 2. The average molecular weight is 353 g/mol. The Kier molecular flexibility index (Phi) is 4.52. The van der Waals surface area contributed by atoms with Crippen LogP contribution in [-0.2, 0) is 11.2 Å². The molecule has 2 aromatic carbocycles. The van der Waals surface area contributed by atoms with Crippen molar-refractivity contribution < 1.29 is 14.5 Å². The minimum Gasteiger partial charge on any atom is -0.393 e. The van der Waals surface area contributed by atoms with E-state index in [1.54, 1.807) is 6.20 Å². The van der Waals surface area contributed by atoms with E-state index in [1.165, 1.54) is 12.1 Å². The number of nitrogens with two attached hydrogens (primary N) is 1. The lowest BCUT2D eigenvalue weighted by Crippen LogP contribution is -2.42. The Hall–Kier alpha value is -3.88. The number of para-hydroxylation sites is 1. The summed E-state index contributed by atoms with van der Waals surface area (Å²) in [5.41, 5.74) is 11.3. The molecule has 9 nitrogen and oxygen atoms in total. The minimum absolute atomic E-state index is 0.0123. The Bertz CT molecular complexity index is 1010. The lowest BCUT2D eigenvalue weighted by atomic mass is 10.1. The molecule has 1 aromatic heterocycles. The third-order valence-corrected chi connectivity index (χ3v) is 3.83. The molecule has 9 heteroatoms. The summed E-state index contributed by atoms with van der Waals surface area (Å²) in [7, 11) is 0. The highest BCUT2D eigenvalue weighted by Crippen LogP contribution is 2.22. The number of hydrogen-bond acceptors (Lipinski definition) is 5. The first-order valence-corrected chi connectivity index (χ1v) is 7.64. The van der Waals surface area contributed by atoms with Gasteiger partial charge in [-0.05, 0) is 23.8 Å². The van der Waals surface area contributed by atoms with Crippen molar-refractivity contribution in [3.8, 4) is 0 Å². The number of hydrogen-bond donors (Lipinski definition) is 4. The highest BCUT2D eigenvalue weighted by atomic mass is 16.6. The predicted octanol–water partition coefficient (Wildman–Crippen LogP) is 1.66. The highest BCUT2D eigenvalue weighted by molar-refractivity contribution is 5.97. The second kappa shape index (κ2) is 6.93. The van der Waals surface area contributed by atoms with Crippen LogP contribution in [-0.4, -0.2) is 21.7 Å². The number of rotatable bonds is 4. The van der Waals surface area contributed by atoms with Crippen molar-refractivity contribution >= 4 is 34.1 Å². The fourth-order valence-corrected chi connectivity index (χ4v) is 2.54. The molecule has 0 unspecified atom stereocenters. The van der Waals surface area contributed by atoms with E-state index in [0.29, 0.717) is 0 Å². The van der Waals surface area contributed by atoms with Crippen molar-refractivity contribution in [2.45, 2.75) is 6.42 Å². The van der Waals surface area contributed by atoms with Crippen LogP contribution >= 0.6 is 0 Å². The Labute approximate surface area is 147 Å². The number of H-pyrrole nitrogens is 1. The molecule has 3 rings (SSSR count). The maximum Gasteiger partial charge on any atom is 0.292 e. The number of nitro benzene ring substituents is 1. The van der Waals surface area contributed by atoms with Crippen LogP contribution in [0.25, 0.3) is 10.9 Å². The first-order chi connectivity index (χ1) is 12.5. The van der Waals surface area contributed by atoms with E-state index >= 15 is 0 Å². The molecule has 132 valence electrons. The first-order valence-electron chi connectivity index (χ1n) is 7.64. The van der Waals surface area contributed by atoms with Crippen LogP contribution in [0.1, 0.15) is 15.9 Å². The van der Waals surface area contributed by atoms with Crippen LogP contribution in [0, 0.1) is 10.1 Å². The molecule has 26 heavy (non-hydrogen) atoms. The van der Waals surface area contributed by atoms with E-state index in [2.05, 4.69) is 15.8 Å². The van der Waals surface area contributed by atoms with Gasteiger partial charge in [0.15, 0.2) is 0 Å². The zero-order valence-electron chi connectivity index (χ0n) is 13.5. The van der Waals surface area contributed by atoms with E-state index in [1.807, 2.05) is 24.3 Å². The van der Waals surface area contributed by atoms with Gasteiger partial charge in [0.2, 0.25) is 5.91 Å². The Morgan fingerprint density at radius 3 is 2.69 bits per heavy atom. The minimum atomic E-state index is -0.680. The summed E-state index contributed by atoms with van der Waals surface area (Å²) in [6, 6.07) is 11.2. The summed E-state index contributed by atoms with van der Waals surface area (Å²) >= 11 is 0. The van der Waals surface area contributed by atoms with Crippen LogP contribution in [0.3, 0.4) is 0 Å². The fraction of sp³-hybridized carbons (Fsp3) is 0.0588. The number of carbonyl (C=O) groups is 2. The van der Waals surface area contributed by atoms with Gasteiger partial charge in [0.25, 0.3) is 11.6 Å². The largest absolute Gasteiger partial charge is 0.393 e. The van der Waals surface area contributed by atoms with E-state index in [4.69, 9.17) is 5.73 Å². The Balaban J connectivity index is 1.63. The lowest BCUT2D eigenvalue weighted by Gasteiger charge is -2.07. The van der Waals surface area contributed by atoms with Gasteiger partial charge in [0.05, 0.1) is 11.3 Å². The van der Waals surface area contributed by atoms with Crippen molar-refractivity contribution in [1.82, 2.24) is 15.8 Å². The predicted molar refractivity (Wildman–Crippen MR) is 95.1 cm³/mol. The molecule has 2 amide bonds. The molecule has 0 aliphatic heterocycles. The number of nitro groups is 1. The molecule has 0 aliphatic rings. The number of aromatic amines is 1. The maximum absolute atomic E-state index is 12.1. The summed E-state index contributed by atoms with van der Waals surface area (Å²) in [5.74, 6) is -1.10. The zero-order chi connectivity index (χ0) is 18.7. The molecule has 0 atom stereocenters. The van der Waals surface area contributed by atoms with Crippen molar-refractivity contribution in [3.05, 3.63) is 69.9 Å². The van der Waals surface area contributed by atoms with E-state index in [-0.39, 0.29) is 23.4 Å². The monoisotopic (exact) mass is 353 g/mol. The molecule has 5 N–H and O–H groups in total. The fourth-order valence-electron chi connectivity index (χ4n) is 2.54. The van der Waals surface area contributed by atoms with Crippen LogP contribution in [0.4, 0.5) is 11.4 Å². The Morgan fingerprint density at radius 1 is 1.15 bits per heavy atom. The molecule has 0 radical (unpaired) electrons. The third kappa shape index (κ3) is 3.46. The highest BCUT2D eigenvalue weighted by Gasteiger charge is 2.16. The second-order valence-corrected chi connectivity index (χ2v) is 5.57. The van der Waals surface area contributed by atoms with Gasteiger partial charge in [0.1, 0.15) is 5.69 Å². The number of nitrogens with one attached hydrogen (secondary N) is 3. The van der Waals surface area contributed by atoms with Crippen molar-refractivity contribution in [1.29, 1.82) is 0 Å². The maximum atomic E-state index is 12.1. The van der Waals surface area contributed by atoms with Crippen molar-refractivity contribution in [3.63, 3.8) is 0 Å². The average Bonchev–Trinajstić information content (AvgIpc) is 3.03. The molecule has 0 spiro atoms. The number of anilines is 1. The normalized spacial score (nSPS) is 10.5. The van der Waals surface area contributed by atoms with Gasteiger partial charge in [-0.25, -0.2) is 0 Å². The number of carbonyl (C=O) groups excluding carboxylic acids is 2. The van der Waals surface area contributed by atoms with E-state index in [9.17, 15) is 19.7 Å². The molecule has 0 fully saturated rings. The Morgan fingerprint density at radius 2 is 1.92 bits per heavy atom. The molecule has 0 bridgehead atoms. The van der Waals surface area contributed by atoms with Gasteiger partial charge in [0, 0.05) is 28.7 Å². The zero-order valence-corrected chi connectivity index (χ0v) is 13.5. The summed E-state index contributed by atoms with van der Waals surface area (Å²) in [6.45, 7) is 0. The molecule has 0 saturated heterocycles. The summed E-state index contributed by atoms with van der Waals surface area (Å²) < 4.78 is 0. The molecule has 1 heterocycles. The van der Waals surface area contributed by atoms with E-state index < -0.39 is 16.7 Å². The van der Waals surface area contributed by atoms with Crippen molar-refractivity contribution in [2.24, 2.45) is 0 Å². The van der Waals surface area contributed by atoms with Gasteiger partial charge < -0.3 is 10.7 Å². The number of amides is 2. The van der Waals surface area contributed by atoms with Crippen LogP contribution < -0.4 is 16.6 Å². The molecule has 0 saturated carbocycles. The number of nitrogens with zero attached hydrogens (tertiary/aromatic N) is 1. The van der Waals surface area contributed by atoms with Gasteiger partial charge >= 0.3 is 0 Å². The SMILES string of the molecule is Nc1ccc(C(=O)NNC(=O)Cc2c[nH]c3ccccc23)cc1[N+](=O)[O-]. The standard InChI is InChI=1S/C17H15N5O4/c18-13-6-5-10(7-15(13)22(25)26)17(24)21-20-16(23)8-11-9-19-14-4-2-1-3-12(11)14/h1-7,9,19H,8,18H2,(H,20,23)(H,21,24). The molecule has 3 aromatic rings. The van der Waals surface area contributed by atoms with Crippen LogP contribution in [0.15, 0.2) is 48.7 Å². The van der Waals surface area contributed by atoms with Gasteiger partial charge in [-0.1, -0.05) is 18.2 Å². The number of hydrazine groups is 1. The van der Waals surface area contributed by atoms with Crippen LogP contribution in [0.2, 0.25) is 0 Å². The smallest absolute Gasteiger partial charge is 0.292 e. The quantitative estimate of drug-likeness (QED) is 0.320. The summed E-state index contributed by atoms with van der Waals surface area (Å²) in [5, 5.41) is 11.8. The summed E-state index contributed by atoms with van der Waals surface area (Å²) in [6.07, 6.45) is 1.79. The third-order valence-electron chi connectivity index (χ3n) is 3.83. The molecule has 0 aliphatic carbocycles. The first kappa shape index (κ1) is 17.0. The van der Waals surface area contributed by atoms with E-state index in [0.717, 1.165) is 22.5 Å².